The molecule has 142 valence electrons. The lowest BCUT2D eigenvalue weighted by Gasteiger charge is -2.29. The molecule has 0 saturated heterocycles. The molecule has 1 aliphatic rings. The van der Waals surface area contributed by atoms with Gasteiger partial charge in [0.15, 0.2) is 0 Å². The molecule has 0 aliphatic carbocycles. The Labute approximate surface area is 158 Å². The summed E-state index contributed by atoms with van der Waals surface area (Å²) in [6, 6.07) is 14.7. The fourth-order valence-electron chi connectivity index (χ4n) is 3.04. The summed E-state index contributed by atoms with van der Waals surface area (Å²) < 4.78 is 5.59. The van der Waals surface area contributed by atoms with Crippen molar-refractivity contribution in [3.63, 3.8) is 0 Å². The van der Waals surface area contributed by atoms with Gasteiger partial charge >= 0.3 is 6.03 Å². The molecule has 0 unspecified atom stereocenters. The average molecular weight is 369 g/mol. The van der Waals surface area contributed by atoms with E-state index < -0.39 is 6.03 Å². The third-order valence-corrected chi connectivity index (χ3v) is 4.48. The number of carbonyl (C=O) groups excluding carboxylic acids is 2. The van der Waals surface area contributed by atoms with Crippen LogP contribution in [0.5, 0.6) is 5.75 Å². The maximum atomic E-state index is 12.7. The van der Waals surface area contributed by atoms with Crippen molar-refractivity contribution in [1.82, 2.24) is 15.3 Å². The highest BCUT2D eigenvalue weighted by molar-refractivity contribution is 5.96. The highest BCUT2D eigenvalue weighted by Crippen LogP contribution is 2.25. The summed E-state index contributed by atoms with van der Waals surface area (Å²) in [5.74, 6) is 0.635. The molecule has 0 aromatic heterocycles. The minimum atomic E-state index is -0.590. The number of hydrogen-bond donors (Lipinski definition) is 2. The van der Waals surface area contributed by atoms with Crippen LogP contribution < -0.4 is 10.1 Å². The zero-order chi connectivity index (χ0) is 19.2. The fourth-order valence-corrected chi connectivity index (χ4v) is 3.04. The summed E-state index contributed by atoms with van der Waals surface area (Å²) in [5, 5.41) is 12.3. The molecule has 0 saturated carbocycles. The molecule has 2 N–H and O–H groups in total. The number of benzene rings is 2. The number of urea groups is 1. The van der Waals surface area contributed by atoms with Crippen LogP contribution in [0.25, 0.3) is 0 Å². The molecule has 3 amide bonds. The van der Waals surface area contributed by atoms with Gasteiger partial charge in [-0.1, -0.05) is 30.3 Å². The van der Waals surface area contributed by atoms with E-state index in [0.29, 0.717) is 29.5 Å². The van der Waals surface area contributed by atoms with E-state index in [0.717, 1.165) is 17.5 Å². The first kappa shape index (κ1) is 18.7. The summed E-state index contributed by atoms with van der Waals surface area (Å²) in [6.07, 6.45) is 0.759. The van der Waals surface area contributed by atoms with Crippen LogP contribution in [0.1, 0.15) is 21.5 Å². The van der Waals surface area contributed by atoms with E-state index in [4.69, 9.17) is 4.74 Å². The molecule has 1 aliphatic heterocycles. The molecule has 2 aromatic rings. The highest BCUT2D eigenvalue weighted by Gasteiger charge is 2.24. The van der Waals surface area contributed by atoms with Crippen molar-refractivity contribution in [3.05, 3.63) is 65.2 Å². The van der Waals surface area contributed by atoms with Crippen LogP contribution in [0, 0.1) is 0 Å². The van der Waals surface area contributed by atoms with Gasteiger partial charge in [0, 0.05) is 25.7 Å². The number of hydroxylamine groups is 2. The third-order valence-electron chi connectivity index (χ3n) is 4.48. The lowest BCUT2D eigenvalue weighted by Crippen LogP contribution is -2.38. The van der Waals surface area contributed by atoms with Gasteiger partial charge in [0.25, 0.3) is 5.91 Å². The van der Waals surface area contributed by atoms with Crippen molar-refractivity contribution in [3.8, 4) is 5.75 Å². The molecule has 0 atom stereocenters. The van der Waals surface area contributed by atoms with Gasteiger partial charge in [-0.25, -0.2) is 9.86 Å². The Morgan fingerprint density at radius 2 is 2.04 bits per heavy atom. The molecule has 0 fully saturated rings. The minimum Gasteiger partial charge on any atom is -0.492 e. The van der Waals surface area contributed by atoms with E-state index in [1.165, 1.54) is 7.05 Å². The van der Waals surface area contributed by atoms with Gasteiger partial charge < -0.3 is 15.0 Å². The minimum absolute atomic E-state index is 0.0211. The van der Waals surface area contributed by atoms with Gasteiger partial charge in [-0.2, -0.15) is 0 Å². The summed E-state index contributed by atoms with van der Waals surface area (Å²) in [6.45, 7) is 1.45. The molecule has 0 spiro atoms. The number of amides is 3. The van der Waals surface area contributed by atoms with Crippen LogP contribution in [0.4, 0.5) is 4.79 Å². The first-order valence-electron chi connectivity index (χ1n) is 8.85. The Hall–Kier alpha value is -3.06. The third kappa shape index (κ3) is 4.57. The standard InChI is InChI=1S/C20H23N3O4/c1-21-20(25)23(26)11-12-27-17-7-8-18-16(13-17)9-10-22(19(18)24)14-15-5-3-2-4-6-15/h2-8,13,26H,9-12,14H2,1H3,(H,21,25). The number of fused-ring (bicyclic) bond motifs is 1. The summed E-state index contributed by atoms with van der Waals surface area (Å²) in [5.41, 5.74) is 2.76. The molecule has 3 rings (SSSR count). The van der Waals surface area contributed by atoms with Crippen molar-refractivity contribution >= 4 is 11.9 Å². The number of nitrogens with zero attached hydrogens (tertiary/aromatic N) is 2. The van der Waals surface area contributed by atoms with Gasteiger partial charge in [-0.3, -0.25) is 10.0 Å². The molecule has 0 radical (unpaired) electrons. The highest BCUT2D eigenvalue weighted by atomic mass is 16.5. The second-order valence-electron chi connectivity index (χ2n) is 6.31. The quantitative estimate of drug-likeness (QED) is 0.605. The predicted octanol–water partition coefficient (Wildman–Crippen LogP) is 2.29. The van der Waals surface area contributed by atoms with Crippen molar-refractivity contribution in [2.24, 2.45) is 0 Å². The Bertz CT molecular complexity index is 810. The Morgan fingerprint density at radius 3 is 2.78 bits per heavy atom. The van der Waals surface area contributed by atoms with E-state index in [1.807, 2.05) is 41.3 Å². The Morgan fingerprint density at radius 1 is 1.26 bits per heavy atom. The molecular formula is C20H23N3O4. The normalized spacial score (nSPS) is 13.1. The zero-order valence-electron chi connectivity index (χ0n) is 15.2. The summed E-state index contributed by atoms with van der Waals surface area (Å²) in [7, 11) is 1.44. The molecule has 7 heteroatoms. The van der Waals surface area contributed by atoms with E-state index in [-0.39, 0.29) is 19.1 Å². The Kier molecular flexibility index (Phi) is 5.93. The van der Waals surface area contributed by atoms with Crippen LogP contribution in [0.15, 0.2) is 48.5 Å². The van der Waals surface area contributed by atoms with Crippen molar-refractivity contribution in [1.29, 1.82) is 0 Å². The second-order valence-corrected chi connectivity index (χ2v) is 6.31. The topological polar surface area (TPSA) is 82.1 Å². The first-order valence-corrected chi connectivity index (χ1v) is 8.85. The smallest absolute Gasteiger partial charge is 0.340 e. The number of nitrogens with one attached hydrogen (secondary N) is 1. The van der Waals surface area contributed by atoms with Crippen molar-refractivity contribution < 1.29 is 19.5 Å². The van der Waals surface area contributed by atoms with Crippen molar-refractivity contribution in [2.45, 2.75) is 13.0 Å². The van der Waals surface area contributed by atoms with Gasteiger partial charge in [0.2, 0.25) is 0 Å². The summed E-state index contributed by atoms with van der Waals surface area (Å²) in [4.78, 5) is 25.8. The van der Waals surface area contributed by atoms with E-state index in [1.54, 1.807) is 12.1 Å². The van der Waals surface area contributed by atoms with Gasteiger partial charge in [0.05, 0.1) is 6.54 Å². The Balaban J connectivity index is 1.60. The van der Waals surface area contributed by atoms with E-state index in [9.17, 15) is 14.8 Å². The van der Waals surface area contributed by atoms with Crippen LogP contribution in [-0.4, -0.2) is 53.9 Å². The van der Waals surface area contributed by atoms with Crippen LogP contribution >= 0.6 is 0 Å². The molecule has 7 nitrogen and oxygen atoms in total. The molecule has 27 heavy (non-hydrogen) atoms. The monoisotopic (exact) mass is 369 g/mol. The lowest BCUT2D eigenvalue weighted by molar-refractivity contribution is -0.0493. The number of carbonyl (C=O) groups is 2. The van der Waals surface area contributed by atoms with Crippen LogP contribution in [-0.2, 0) is 13.0 Å². The number of rotatable bonds is 6. The predicted molar refractivity (Wildman–Crippen MR) is 99.8 cm³/mol. The molecule has 0 bridgehead atoms. The SMILES string of the molecule is CNC(=O)N(O)CCOc1ccc2c(c1)CCN(Cc1ccccc1)C2=O. The van der Waals surface area contributed by atoms with Crippen LogP contribution in [0.3, 0.4) is 0 Å². The first-order chi connectivity index (χ1) is 13.1. The largest absolute Gasteiger partial charge is 0.492 e. The maximum absolute atomic E-state index is 12.7. The lowest BCUT2D eigenvalue weighted by atomic mass is 9.98. The second kappa shape index (κ2) is 8.55. The van der Waals surface area contributed by atoms with Crippen molar-refractivity contribution in [2.75, 3.05) is 26.7 Å². The zero-order valence-corrected chi connectivity index (χ0v) is 15.2. The summed E-state index contributed by atoms with van der Waals surface area (Å²) >= 11 is 0. The van der Waals surface area contributed by atoms with E-state index >= 15 is 0 Å². The molecule has 2 aromatic carbocycles. The van der Waals surface area contributed by atoms with Gasteiger partial charge in [0.1, 0.15) is 12.4 Å². The maximum Gasteiger partial charge on any atom is 0.340 e. The van der Waals surface area contributed by atoms with Gasteiger partial charge in [-0.15, -0.1) is 0 Å². The molecule has 1 heterocycles. The number of hydrogen-bond acceptors (Lipinski definition) is 4. The van der Waals surface area contributed by atoms with Crippen LogP contribution in [0.2, 0.25) is 0 Å². The number of ether oxygens (including phenoxy) is 1. The fraction of sp³-hybridized carbons (Fsp3) is 0.300. The average Bonchev–Trinajstić information content (AvgIpc) is 2.70. The van der Waals surface area contributed by atoms with E-state index in [2.05, 4.69) is 5.32 Å². The molecular weight excluding hydrogens is 346 g/mol. The van der Waals surface area contributed by atoms with Gasteiger partial charge in [-0.05, 0) is 35.7 Å².